The predicted molar refractivity (Wildman–Crippen MR) is 115 cm³/mol. The van der Waals surface area contributed by atoms with Gasteiger partial charge >= 0.3 is 0 Å². The molecule has 0 radical (unpaired) electrons. The van der Waals surface area contributed by atoms with Gasteiger partial charge in [0.15, 0.2) is 0 Å². The second kappa shape index (κ2) is 9.42. The fourth-order valence-corrected chi connectivity index (χ4v) is 4.24. The average Bonchev–Trinajstić information content (AvgIpc) is 2.74. The molecule has 0 fully saturated rings. The highest BCUT2D eigenvalue weighted by molar-refractivity contribution is 7.99. The molecule has 2 aromatic carbocycles. The smallest absolute Gasteiger partial charge is 0.115 e. The zero-order valence-electron chi connectivity index (χ0n) is 15.4. The molecule has 0 aliphatic heterocycles. The largest absolute Gasteiger partial charge is 0.239 e. The zero-order valence-corrected chi connectivity index (χ0v) is 17.0. The number of rotatable bonds is 6. The van der Waals surface area contributed by atoms with E-state index in [4.69, 9.17) is 16.6 Å². The van der Waals surface area contributed by atoms with E-state index in [1.54, 1.807) is 17.8 Å². The van der Waals surface area contributed by atoms with Crippen molar-refractivity contribution in [1.29, 1.82) is 10.5 Å². The highest BCUT2D eigenvalue weighted by Crippen LogP contribution is 2.40. The third-order valence-electron chi connectivity index (χ3n) is 4.31. The molecule has 3 rings (SSSR count). The number of benzene rings is 2. The number of pyridine rings is 1. The van der Waals surface area contributed by atoms with E-state index in [1.807, 2.05) is 48.5 Å². The van der Waals surface area contributed by atoms with Gasteiger partial charge in [-0.05, 0) is 18.2 Å². The van der Waals surface area contributed by atoms with Crippen molar-refractivity contribution in [3.8, 4) is 34.5 Å². The van der Waals surface area contributed by atoms with Gasteiger partial charge in [-0.25, -0.2) is 4.98 Å². The lowest BCUT2D eigenvalue weighted by Crippen LogP contribution is -2.02. The molecule has 28 heavy (non-hydrogen) atoms. The van der Waals surface area contributed by atoms with Crippen molar-refractivity contribution >= 4 is 23.4 Å². The quantitative estimate of drug-likeness (QED) is 0.339. The molecule has 0 spiro atoms. The Morgan fingerprint density at radius 3 is 2.29 bits per heavy atom. The molecule has 0 atom stereocenters. The number of nitrogens with zero attached hydrogens (tertiary/aromatic N) is 3. The van der Waals surface area contributed by atoms with Crippen molar-refractivity contribution < 1.29 is 0 Å². The normalized spacial score (nSPS) is 10.3. The molecule has 1 aromatic heterocycles. The van der Waals surface area contributed by atoms with Crippen LogP contribution >= 0.6 is 23.4 Å². The SMILES string of the molecule is CCCCSc1nc(-c2ccccc2)c(C#N)c(-c2ccccc2Cl)c1C#N. The first-order chi connectivity index (χ1) is 13.7. The van der Waals surface area contributed by atoms with Gasteiger partial charge in [-0.1, -0.05) is 73.5 Å². The Bertz CT molecular complexity index is 1070. The van der Waals surface area contributed by atoms with Crippen molar-refractivity contribution in [2.24, 2.45) is 0 Å². The highest BCUT2D eigenvalue weighted by Gasteiger charge is 2.23. The molecule has 0 aliphatic rings. The summed E-state index contributed by atoms with van der Waals surface area (Å²) in [4.78, 5) is 4.75. The van der Waals surface area contributed by atoms with Crippen molar-refractivity contribution in [3.63, 3.8) is 0 Å². The van der Waals surface area contributed by atoms with Crippen LogP contribution < -0.4 is 0 Å². The van der Waals surface area contributed by atoms with Gasteiger partial charge in [-0.3, -0.25) is 0 Å². The number of aromatic nitrogens is 1. The number of thioether (sulfide) groups is 1. The minimum Gasteiger partial charge on any atom is -0.239 e. The number of unbranched alkanes of at least 4 members (excludes halogenated alkanes) is 1. The molecule has 0 unspecified atom stereocenters. The second-order valence-electron chi connectivity index (χ2n) is 6.16. The van der Waals surface area contributed by atoms with Crippen LogP contribution in [0.5, 0.6) is 0 Å². The van der Waals surface area contributed by atoms with Crippen LogP contribution in [0, 0.1) is 22.7 Å². The van der Waals surface area contributed by atoms with Crippen LogP contribution in [0.2, 0.25) is 5.02 Å². The summed E-state index contributed by atoms with van der Waals surface area (Å²) in [6, 6.07) is 21.4. The molecule has 0 N–H and O–H groups in total. The van der Waals surface area contributed by atoms with E-state index in [1.165, 1.54) is 0 Å². The van der Waals surface area contributed by atoms with E-state index in [0.29, 0.717) is 38.0 Å². The Kier molecular flexibility index (Phi) is 6.71. The molecular formula is C23H18ClN3S. The van der Waals surface area contributed by atoms with E-state index < -0.39 is 0 Å². The molecule has 0 saturated heterocycles. The summed E-state index contributed by atoms with van der Waals surface area (Å²) in [5, 5.41) is 21.1. The summed E-state index contributed by atoms with van der Waals surface area (Å²) in [6.07, 6.45) is 2.09. The molecular weight excluding hydrogens is 386 g/mol. The summed E-state index contributed by atoms with van der Waals surface area (Å²) >= 11 is 8.00. The van der Waals surface area contributed by atoms with Crippen LogP contribution in [0.4, 0.5) is 0 Å². The Balaban J connectivity index is 2.35. The lowest BCUT2D eigenvalue weighted by atomic mass is 9.93. The first-order valence-electron chi connectivity index (χ1n) is 9.02. The summed E-state index contributed by atoms with van der Waals surface area (Å²) < 4.78 is 0. The highest BCUT2D eigenvalue weighted by atomic mass is 35.5. The van der Waals surface area contributed by atoms with Gasteiger partial charge in [-0.2, -0.15) is 10.5 Å². The van der Waals surface area contributed by atoms with Crippen LogP contribution in [0.15, 0.2) is 59.6 Å². The number of halogens is 1. The van der Waals surface area contributed by atoms with Crippen LogP contribution in [0.25, 0.3) is 22.4 Å². The molecule has 0 saturated carbocycles. The first-order valence-corrected chi connectivity index (χ1v) is 10.4. The lowest BCUT2D eigenvalue weighted by Gasteiger charge is -2.16. The topological polar surface area (TPSA) is 60.5 Å². The van der Waals surface area contributed by atoms with Crippen molar-refractivity contribution in [2.45, 2.75) is 24.8 Å². The molecule has 3 nitrogen and oxygen atoms in total. The minimum absolute atomic E-state index is 0.371. The van der Waals surface area contributed by atoms with Gasteiger partial charge in [0.25, 0.3) is 0 Å². The van der Waals surface area contributed by atoms with Crippen LogP contribution in [-0.2, 0) is 0 Å². The Morgan fingerprint density at radius 1 is 0.964 bits per heavy atom. The van der Waals surface area contributed by atoms with E-state index in [9.17, 15) is 10.5 Å². The molecule has 3 aromatic rings. The Hall–Kier alpha value is -2.79. The summed E-state index contributed by atoms with van der Waals surface area (Å²) in [7, 11) is 0. The molecule has 0 amide bonds. The Labute approximate surface area is 174 Å². The fraction of sp³-hybridized carbons (Fsp3) is 0.174. The predicted octanol–water partition coefficient (Wildman–Crippen LogP) is 6.70. The standard InChI is InChI=1S/C23H18ClN3S/c1-2-3-13-28-23-19(15-26)21(17-11-7-8-12-20(17)24)18(14-25)22(27-23)16-9-5-4-6-10-16/h4-12H,2-3,13H2,1H3. The monoisotopic (exact) mass is 403 g/mol. The van der Waals surface area contributed by atoms with Gasteiger partial charge in [-0.15, -0.1) is 11.8 Å². The molecule has 0 aliphatic carbocycles. The first kappa shape index (κ1) is 20.0. The third kappa shape index (κ3) is 4.04. The molecule has 5 heteroatoms. The second-order valence-corrected chi connectivity index (χ2v) is 7.65. The molecule has 0 bridgehead atoms. The Morgan fingerprint density at radius 2 is 1.64 bits per heavy atom. The number of nitriles is 2. The van der Waals surface area contributed by atoms with Gasteiger partial charge in [0.2, 0.25) is 0 Å². The maximum absolute atomic E-state index is 9.99. The summed E-state index contributed by atoms with van der Waals surface area (Å²) in [6.45, 7) is 2.13. The summed E-state index contributed by atoms with van der Waals surface area (Å²) in [5.74, 6) is 0.861. The number of hydrogen-bond acceptors (Lipinski definition) is 4. The lowest BCUT2D eigenvalue weighted by molar-refractivity contribution is 0.894. The van der Waals surface area contributed by atoms with Crippen molar-refractivity contribution in [1.82, 2.24) is 4.98 Å². The maximum atomic E-state index is 9.99. The van der Waals surface area contributed by atoms with Gasteiger partial charge in [0.05, 0.1) is 16.8 Å². The summed E-state index contributed by atoms with van der Waals surface area (Å²) in [5.41, 5.74) is 3.43. The average molecular weight is 404 g/mol. The minimum atomic E-state index is 0.371. The fourth-order valence-electron chi connectivity index (χ4n) is 2.93. The van der Waals surface area contributed by atoms with Gasteiger partial charge in [0.1, 0.15) is 17.2 Å². The van der Waals surface area contributed by atoms with Crippen LogP contribution in [0.1, 0.15) is 30.9 Å². The zero-order chi connectivity index (χ0) is 19.9. The van der Waals surface area contributed by atoms with E-state index in [-0.39, 0.29) is 0 Å². The van der Waals surface area contributed by atoms with Crippen LogP contribution in [0.3, 0.4) is 0 Å². The van der Waals surface area contributed by atoms with Crippen molar-refractivity contribution in [3.05, 3.63) is 70.7 Å². The van der Waals surface area contributed by atoms with Crippen molar-refractivity contribution in [2.75, 3.05) is 5.75 Å². The molecule has 138 valence electrons. The molecule has 1 heterocycles. The maximum Gasteiger partial charge on any atom is 0.115 e. The van der Waals surface area contributed by atoms with E-state index >= 15 is 0 Å². The van der Waals surface area contributed by atoms with Gasteiger partial charge < -0.3 is 0 Å². The van der Waals surface area contributed by atoms with Gasteiger partial charge in [0, 0.05) is 21.7 Å². The van der Waals surface area contributed by atoms with Crippen LogP contribution in [-0.4, -0.2) is 10.7 Å². The number of hydrogen-bond donors (Lipinski definition) is 0. The van der Waals surface area contributed by atoms with E-state index in [0.717, 1.165) is 24.2 Å². The third-order valence-corrected chi connectivity index (χ3v) is 5.71. The van der Waals surface area contributed by atoms with E-state index in [2.05, 4.69) is 19.1 Å².